The van der Waals surface area contributed by atoms with Crippen LogP contribution in [-0.4, -0.2) is 45.9 Å². The Labute approximate surface area is 224 Å². The zero-order valence-electron chi connectivity index (χ0n) is 21.5. The number of unbranched alkanes of at least 4 members (excludes halogenated alkanes) is 2. The highest BCUT2D eigenvalue weighted by molar-refractivity contribution is 7.17. The van der Waals surface area contributed by atoms with Gasteiger partial charge in [-0.05, 0) is 50.1 Å². The first-order chi connectivity index (χ1) is 18.4. The number of thiazole rings is 1. The molecule has 1 aromatic carbocycles. The van der Waals surface area contributed by atoms with Crippen molar-refractivity contribution in [3.8, 4) is 5.75 Å². The Hall–Kier alpha value is -4.05. The predicted molar refractivity (Wildman–Crippen MR) is 143 cm³/mol. The van der Waals surface area contributed by atoms with Gasteiger partial charge in [0.05, 0.1) is 30.5 Å². The molecule has 38 heavy (non-hydrogen) atoms. The molecule has 0 aliphatic carbocycles. The number of hydrogen-bond donors (Lipinski definition) is 1. The molecule has 4 rings (SSSR count). The summed E-state index contributed by atoms with van der Waals surface area (Å²) >= 11 is 0.964. The average molecular weight is 536 g/mol. The second-order valence-corrected chi connectivity index (χ2v) is 9.64. The Kier molecular flexibility index (Phi) is 8.52. The van der Waals surface area contributed by atoms with Gasteiger partial charge in [-0.3, -0.25) is 19.5 Å². The van der Waals surface area contributed by atoms with E-state index in [2.05, 4.69) is 16.9 Å². The lowest BCUT2D eigenvalue weighted by molar-refractivity contribution is -0.132. The molecule has 198 valence electrons. The van der Waals surface area contributed by atoms with Crippen LogP contribution in [0.1, 0.15) is 65.6 Å². The second-order valence-electron chi connectivity index (χ2n) is 8.66. The number of carbonyl (C=O) groups is 3. The van der Waals surface area contributed by atoms with E-state index in [0.717, 1.165) is 30.6 Å². The van der Waals surface area contributed by atoms with Gasteiger partial charge in [0.1, 0.15) is 16.4 Å². The van der Waals surface area contributed by atoms with Crippen LogP contribution in [0.2, 0.25) is 0 Å². The summed E-state index contributed by atoms with van der Waals surface area (Å²) in [7, 11) is 0. The van der Waals surface area contributed by atoms with Crippen LogP contribution in [0, 0.1) is 6.92 Å². The van der Waals surface area contributed by atoms with E-state index in [-0.39, 0.29) is 27.9 Å². The number of ether oxygens (including phenoxy) is 2. The Morgan fingerprint density at radius 2 is 1.89 bits per heavy atom. The van der Waals surface area contributed by atoms with Gasteiger partial charge < -0.3 is 14.6 Å². The molecule has 2 aromatic heterocycles. The smallest absolute Gasteiger partial charge is 0.350 e. The number of nitrogens with zero attached hydrogens (tertiary/aromatic N) is 3. The summed E-state index contributed by atoms with van der Waals surface area (Å²) in [5.41, 5.74) is 1.19. The van der Waals surface area contributed by atoms with Crippen LogP contribution in [0.15, 0.2) is 54.4 Å². The van der Waals surface area contributed by atoms with Crippen molar-refractivity contribution in [3.05, 3.63) is 76.1 Å². The Morgan fingerprint density at radius 1 is 1.13 bits per heavy atom. The summed E-state index contributed by atoms with van der Waals surface area (Å²) in [5.74, 6) is -2.02. The highest BCUT2D eigenvalue weighted by atomic mass is 32.1. The lowest BCUT2D eigenvalue weighted by Gasteiger charge is -2.23. The largest absolute Gasteiger partial charge is 0.507 e. The van der Waals surface area contributed by atoms with E-state index in [9.17, 15) is 19.5 Å². The number of anilines is 1. The molecule has 3 aromatic rings. The van der Waals surface area contributed by atoms with Crippen molar-refractivity contribution in [1.29, 1.82) is 0 Å². The maximum atomic E-state index is 13.4. The molecule has 1 N–H and O–H groups in total. The van der Waals surface area contributed by atoms with E-state index in [0.29, 0.717) is 29.2 Å². The minimum absolute atomic E-state index is 0.0881. The highest BCUT2D eigenvalue weighted by Crippen LogP contribution is 2.44. The average Bonchev–Trinajstić information content (AvgIpc) is 3.43. The third-order valence-corrected chi connectivity index (χ3v) is 7.18. The van der Waals surface area contributed by atoms with Crippen LogP contribution in [0.25, 0.3) is 5.76 Å². The number of aryl methyl sites for hydroxylation is 1. The molecule has 0 spiro atoms. The van der Waals surface area contributed by atoms with Gasteiger partial charge in [0, 0.05) is 18.0 Å². The predicted octanol–water partition coefficient (Wildman–Crippen LogP) is 5.22. The summed E-state index contributed by atoms with van der Waals surface area (Å²) in [5, 5.41) is 11.4. The Bertz CT molecular complexity index is 1370. The molecule has 10 heteroatoms. The van der Waals surface area contributed by atoms with Crippen LogP contribution >= 0.6 is 11.3 Å². The fraction of sp³-hybridized carbons (Fsp3) is 0.321. The standard InChI is InChI=1S/C28H29N3O6S/c1-4-6-7-15-37-20-10-8-9-19(16-20)22-21(23(32)18-11-13-29-14-12-18)24(33)26(34)31(22)28-30-17(3)25(38-28)27(35)36-5-2/h8-14,16,22,32H,4-7,15H2,1-3H3. The third-order valence-electron chi connectivity index (χ3n) is 6.04. The molecule has 1 aliphatic rings. The molecule has 1 amide bonds. The fourth-order valence-corrected chi connectivity index (χ4v) is 5.19. The van der Waals surface area contributed by atoms with Crippen LogP contribution in [0.5, 0.6) is 5.75 Å². The highest BCUT2D eigenvalue weighted by Gasteiger charge is 2.48. The first-order valence-electron chi connectivity index (χ1n) is 12.5. The van der Waals surface area contributed by atoms with Gasteiger partial charge in [-0.15, -0.1) is 0 Å². The van der Waals surface area contributed by atoms with Crippen LogP contribution in [-0.2, 0) is 14.3 Å². The molecular formula is C28H29N3O6S. The van der Waals surface area contributed by atoms with E-state index in [1.54, 1.807) is 50.2 Å². The van der Waals surface area contributed by atoms with Crippen molar-refractivity contribution in [2.45, 2.75) is 46.1 Å². The summed E-state index contributed by atoms with van der Waals surface area (Å²) in [4.78, 5) is 49.1. The number of Topliss-reactive ketones (excluding diaryl/α,β-unsaturated/α-hetero) is 1. The van der Waals surface area contributed by atoms with E-state index in [4.69, 9.17) is 9.47 Å². The molecule has 1 unspecified atom stereocenters. The molecule has 1 fully saturated rings. The number of pyridine rings is 1. The first-order valence-corrected chi connectivity index (χ1v) is 13.3. The van der Waals surface area contributed by atoms with Crippen molar-refractivity contribution >= 4 is 39.9 Å². The first kappa shape index (κ1) is 27.0. The molecular weight excluding hydrogens is 506 g/mol. The molecule has 0 bridgehead atoms. The number of ketones is 1. The molecule has 3 heterocycles. The summed E-state index contributed by atoms with van der Waals surface area (Å²) in [6.07, 6.45) is 5.98. The van der Waals surface area contributed by atoms with Crippen molar-refractivity contribution in [2.75, 3.05) is 18.1 Å². The monoisotopic (exact) mass is 535 g/mol. The topological polar surface area (TPSA) is 119 Å². The Balaban J connectivity index is 1.83. The number of amides is 1. The number of hydrogen-bond acceptors (Lipinski definition) is 9. The molecule has 1 saturated heterocycles. The van der Waals surface area contributed by atoms with Gasteiger partial charge in [-0.25, -0.2) is 9.78 Å². The second kappa shape index (κ2) is 12.0. The number of rotatable bonds is 10. The van der Waals surface area contributed by atoms with Crippen LogP contribution in [0.3, 0.4) is 0 Å². The number of carbonyl (C=O) groups excluding carboxylic acids is 3. The number of aliphatic hydroxyl groups is 1. The quantitative estimate of drug-likeness (QED) is 0.123. The van der Waals surface area contributed by atoms with E-state index in [1.165, 1.54) is 17.3 Å². The van der Waals surface area contributed by atoms with Crippen LogP contribution < -0.4 is 9.64 Å². The minimum atomic E-state index is -0.997. The molecule has 0 radical (unpaired) electrons. The van der Waals surface area contributed by atoms with Gasteiger partial charge >= 0.3 is 11.9 Å². The number of esters is 1. The number of aromatic nitrogens is 2. The normalized spacial score (nSPS) is 16.6. The van der Waals surface area contributed by atoms with Crippen molar-refractivity contribution < 1.29 is 29.0 Å². The van der Waals surface area contributed by atoms with Gasteiger partial charge in [0.25, 0.3) is 5.78 Å². The van der Waals surface area contributed by atoms with Gasteiger partial charge in [-0.1, -0.05) is 43.2 Å². The van der Waals surface area contributed by atoms with Crippen molar-refractivity contribution in [2.24, 2.45) is 0 Å². The summed E-state index contributed by atoms with van der Waals surface area (Å²) in [6, 6.07) is 9.20. The van der Waals surface area contributed by atoms with E-state index >= 15 is 0 Å². The zero-order chi connectivity index (χ0) is 27.2. The molecule has 9 nitrogen and oxygen atoms in total. The maximum Gasteiger partial charge on any atom is 0.350 e. The van der Waals surface area contributed by atoms with Crippen molar-refractivity contribution in [1.82, 2.24) is 9.97 Å². The lowest BCUT2D eigenvalue weighted by atomic mass is 9.95. The van der Waals surface area contributed by atoms with Crippen molar-refractivity contribution in [3.63, 3.8) is 0 Å². The van der Waals surface area contributed by atoms with E-state index in [1.807, 2.05) is 0 Å². The third kappa shape index (κ3) is 5.45. The van der Waals surface area contributed by atoms with Gasteiger partial charge in [-0.2, -0.15) is 0 Å². The van der Waals surface area contributed by atoms with Crippen LogP contribution in [0.4, 0.5) is 5.13 Å². The number of aliphatic hydroxyl groups excluding tert-OH is 1. The Morgan fingerprint density at radius 3 is 2.61 bits per heavy atom. The SMILES string of the molecule is CCCCCOc1cccc(C2C(=C(O)c3ccncc3)C(=O)C(=O)N2c2nc(C)c(C(=O)OCC)s2)c1. The molecule has 1 aliphatic heterocycles. The van der Waals surface area contributed by atoms with Gasteiger partial charge in [0.2, 0.25) is 0 Å². The molecule has 1 atom stereocenters. The fourth-order valence-electron chi connectivity index (χ4n) is 4.20. The maximum absolute atomic E-state index is 13.4. The zero-order valence-corrected chi connectivity index (χ0v) is 22.3. The minimum Gasteiger partial charge on any atom is -0.507 e. The lowest BCUT2D eigenvalue weighted by Crippen LogP contribution is -2.29. The number of benzene rings is 1. The van der Waals surface area contributed by atoms with Gasteiger partial charge in [0.15, 0.2) is 5.13 Å². The molecule has 0 saturated carbocycles. The summed E-state index contributed by atoms with van der Waals surface area (Å²) < 4.78 is 11.0. The summed E-state index contributed by atoms with van der Waals surface area (Å²) in [6.45, 7) is 6.17. The van der Waals surface area contributed by atoms with E-state index < -0.39 is 23.7 Å².